The molecule has 2 heterocycles. The summed E-state index contributed by atoms with van der Waals surface area (Å²) in [4.78, 5) is 39.6. The molecule has 0 radical (unpaired) electrons. The molecule has 0 unspecified atom stereocenters. The number of pyridine rings is 1. The quantitative estimate of drug-likeness (QED) is 0.248. The largest absolute Gasteiger partial charge is 0.493 e. The monoisotopic (exact) mass is 537 g/mol. The van der Waals surface area contributed by atoms with Crippen molar-refractivity contribution in [3.05, 3.63) is 81.3 Å². The predicted molar refractivity (Wildman–Crippen MR) is 145 cm³/mol. The summed E-state index contributed by atoms with van der Waals surface area (Å²) in [5.41, 5.74) is 0.771. The second-order valence-electron chi connectivity index (χ2n) is 9.01. The van der Waals surface area contributed by atoms with Crippen LogP contribution >= 0.6 is 11.3 Å². The van der Waals surface area contributed by atoms with Crippen LogP contribution in [-0.4, -0.2) is 41.6 Å². The Kier molecular flexibility index (Phi) is 8.38. The molecule has 0 aliphatic rings. The van der Waals surface area contributed by atoms with Crippen LogP contribution in [-0.2, 0) is 0 Å². The molecular weight excluding hydrogens is 509 g/mol. The van der Waals surface area contributed by atoms with Crippen LogP contribution in [0.1, 0.15) is 53.4 Å². The topological polar surface area (TPSA) is 94.8 Å². The van der Waals surface area contributed by atoms with Crippen LogP contribution in [0.2, 0.25) is 0 Å². The standard InChI is InChI=1S/C29H28FNO6S/c1-17(2)31-14-20(22-16-38-29-19(22)5-4-6-23(29)30)28(35)21(15-31)25(34)9-8-24(33)18-7-10-26(37-12-11-32)27(13-18)36-3/h4-7,10,13-17,32H,8-9,11-12H2,1-3H3. The minimum atomic E-state index is -0.449. The zero-order valence-corrected chi connectivity index (χ0v) is 22.1. The van der Waals surface area contributed by atoms with Gasteiger partial charge in [-0.05, 0) is 38.1 Å². The Labute approximate surface area is 223 Å². The number of carbonyl (C=O) groups is 2. The van der Waals surface area contributed by atoms with E-state index in [4.69, 9.17) is 14.6 Å². The van der Waals surface area contributed by atoms with Gasteiger partial charge in [-0.3, -0.25) is 14.4 Å². The number of halogens is 1. The van der Waals surface area contributed by atoms with Crippen LogP contribution in [0.3, 0.4) is 0 Å². The molecule has 198 valence electrons. The zero-order valence-electron chi connectivity index (χ0n) is 21.3. The number of ketones is 2. The lowest BCUT2D eigenvalue weighted by molar-refractivity contribution is 0.0916. The maximum atomic E-state index is 14.3. The Balaban J connectivity index is 1.61. The van der Waals surface area contributed by atoms with Gasteiger partial charge in [-0.15, -0.1) is 11.3 Å². The molecule has 0 spiro atoms. The summed E-state index contributed by atoms with van der Waals surface area (Å²) in [7, 11) is 1.44. The normalized spacial score (nSPS) is 11.2. The Morgan fingerprint density at radius 3 is 2.53 bits per heavy atom. The number of fused-ring (bicyclic) bond motifs is 1. The molecule has 0 bridgehead atoms. The van der Waals surface area contributed by atoms with E-state index in [0.717, 1.165) is 0 Å². The van der Waals surface area contributed by atoms with Crippen molar-refractivity contribution in [3.63, 3.8) is 0 Å². The molecule has 0 atom stereocenters. The van der Waals surface area contributed by atoms with Gasteiger partial charge in [0.15, 0.2) is 28.5 Å². The Bertz CT molecular complexity index is 1550. The summed E-state index contributed by atoms with van der Waals surface area (Å²) in [6, 6.07) is 9.34. The lowest BCUT2D eigenvalue weighted by atomic mass is 9.98. The Morgan fingerprint density at radius 1 is 1.05 bits per heavy atom. The van der Waals surface area contributed by atoms with Crippen molar-refractivity contribution in [2.24, 2.45) is 0 Å². The fourth-order valence-corrected chi connectivity index (χ4v) is 5.11. The molecule has 9 heteroatoms. The predicted octanol–water partition coefficient (Wildman–Crippen LogP) is 5.68. The van der Waals surface area contributed by atoms with Crippen LogP contribution in [0.5, 0.6) is 11.5 Å². The van der Waals surface area contributed by atoms with Crippen molar-refractivity contribution in [3.8, 4) is 22.6 Å². The van der Waals surface area contributed by atoms with Crippen LogP contribution in [0.4, 0.5) is 4.39 Å². The van der Waals surface area contributed by atoms with Gasteiger partial charge in [0.25, 0.3) is 0 Å². The number of aliphatic hydroxyl groups excluding tert-OH is 1. The second kappa shape index (κ2) is 11.7. The molecule has 7 nitrogen and oxygen atoms in total. The Morgan fingerprint density at radius 2 is 1.82 bits per heavy atom. The first-order chi connectivity index (χ1) is 18.2. The lowest BCUT2D eigenvalue weighted by Gasteiger charge is -2.15. The van der Waals surface area contributed by atoms with Crippen molar-refractivity contribution in [1.82, 2.24) is 4.57 Å². The third-order valence-electron chi connectivity index (χ3n) is 6.20. The van der Waals surface area contributed by atoms with Gasteiger partial charge in [-0.2, -0.15) is 0 Å². The highest BCUT2D eigenvalue weighted by Gasteiger charge is 2.21. The third kappa shape index (κ3) is 5.54. The molecule has 1 N–H and O–H groups in total. The molecular formula is C29H28FNO6S. The van der Waals surface area contributed by atoms with Crippen LogP contribution < -0.4 is 14.9 Å². The molecule has 2 aromatic carbocycles. The summed E-state index contributed by atoms with van der Waals surface area (Å²) in [6.07, 6.45) is 2.96. The molecule has 4 rings (SSSR count). The van der Waals surface area contributed by atoms with Gasteiger partial charge in [-0.25, -0.2) is 4.39 Å². The number of aromatic nitrogens is 1. The number of benzene rings is 2. The van der Waals surface area contributed by atoms with Crippen LogP contribution in [0.15, 0.2) is 59.0 Å². The van der Waals surface area contributed by atoms with E-state index >= 15 is 0 Å². The summed E-state index contributed by atoms with van der Waals surface area (Å²) in [5.74, 6) is -0.368. The van der Waals surface area contributed by atoms with Gasteiger partial charge in [0.2, 0.25) is 0 Å². The molecule has 0 aliphatic heterocycles. The SMILES string of the molecule is COc1cc(C(=O)CCC(=O)c2cn(C(C)C)cc(-c3csc4c(F)cccc34)c2=O)ccc1OCCO. The van der Waals surface area contributed by atoms with E-state index in [9.17, 15) is 18.8 Å². The lowest BCUT2D eigenvalue weighted by Crippen LogP contribution is -2.21. The average Bonchev–Trinajstić information content (AvgIpc) is 3.35. The molecule has 4 aromatic rings. The molecule has 0 saturated heterocycles. The molecule has 0 fully saturated rings. The summed E-state index contributed by atoms with van der Waals surface area (Å²) in [5, 5.41) is 11.3. The average molecular weight is 538 g/mol. The van der Waals surface area contributed by atoms with E-state index in [-0.39, 0.29) is 49.3 Å². The number of Topliss-reactive ketones (excluding diaryl/α,β-unsaturated/α-hetero) is 2. The van der Waals surface area contributed by atoms with Crippen molar-refractivity contribution in [2.75, 3.05) is 20.3 Å². The first-order valence-electron chi connectivity index (χ1n) is 12.1. The maximum Gasteiger partial charge on any atom is 0.200 e. The highest BCUT2D eigenvalue weighted by Crippen LogP contribution is 2.34. The van der Waals surface area contributed by atoms with Gasteiger partial charge >= 0.3 is 0 Å². The highest BCUT2D eigenvalue weighted by molar-refractivity contribution is 7.17. The first kappa shape index (κ1) is 27.2. The summed E-state index contributed by atoms with van der Waals surface area (Å²) in [6.45, 7) is 3.78. The number of methoxy groups -OCH3 is 1. The number of hydrogen-bond acceptors (Lipinski definition) is 7. The van der Waals surface area contributed by atoms with Crippen molar-refractivity contribution >= 4 is 33.0 Å². The number of thiophene rings is 1. The molecule has 38 heavy (non-hydrogen) atoms. The summed E-state index contributed by atoms with van der Waals surface area (Å²) < 4.78 is 27.2. The third-order valence-corrected chi connectivity index (χ3v) is 7.20. The highest BCUT2D eigenvalue weighted by atomic mass is 32.1. The van der Waals surface area contributed by atoms with Gasteiger partial charge in [0, 0.05) is 58.7 Å². The van der Waals surface area contributed by atoms with E-state index in [2.05, 4.69) is 0 Å². The van der Waals surface area contributed by atoms with Gasteiger partial charge in [0.1, 0.15) is 12.4 Å². The number of carbonyl (C=O) groups excluding carboxylic acids is 2. The zero-order chi connectivity index (χ0) is 27.4. The number of aliphatic hydroxyl groups is 1. The van der Waals surface area contributed by atoms with E-state index in [1.165, 1.54) is 36.8 Å². The van der Waals surface area contributed by atoms with E-state index < -0.39 is 11.2 Å². The fraction of sp³-hybridized carbons (Fsp3) is 0.276. The first-order valence-corrected chi connectivity index (χ1v) is 13.0. The maximum absolute atomic E-state index is 14.3. The molecule has 0 aliphatic carbocycles. The van der Waals surface area contributed by atoms with Crippen LogP contribution in [0.25, 0.3) is 21.2 Å². The smallest absolute Gasteiger partial charge is 0.200 e. The van der Waals surface area contributed by atoms with Crippen molar-refractivity contribution in [1.29, 1.82) is 0 Å². The number of rotatable bonds is 11. The Hall–Kier alpha value is -3.82. The molecule has 0 saturated carbocycles. The summed E-state index contributed by atoms with van der Waals surface area (Å²) >= 11 is 1.21. The van der Waals surface area contributed by atoms with E-state index in [0.29, 0.717) is 38.3 Å². The van der Waals surface area contributed by atoms with Gasteiger partial charge in [-0.1, -0.05) is 12.1 Å². The number of hydrogen-bond donors (Lipinski definition) is 1. The van der Waals surface area contributed by atoms with E-state index in [1.54, 1.807) is 40.4 Å². The minimum absolute atomic E-state index is 0.00918. The number of ether oxygens (including phenoxy) is 2. The number of nitrogens with zero attached hydrogens (tertiary/aromatic N) is 1. The molecule has 2 aromatic heterocycles. The minimum Gasteiger partial charge on any atom is -0.493 e. The van der Waals surface area contributed by atoms with Crippen molar-refractivity contribution < 1.29 is 28.6 Å². The van der Waals surface area contributed by atoms with Crippen LogP contribution in [0, 0.1) is 5.82 Å². The van der Waals surface area contributed by atoms with Crippen molar-refractivity contribution in [2.45, 2.75) is 32.7 Å². The second-order valence-corrected chi connectivity index (χ2v) is 9.89. The van der Waals surface area contributed by atoms with Gasteiger partial charge in [0.05, 0.1) is 24.0 Å². The van der Waals surface area contributed by atoms with Gasteiger partial charge < -0.3 is 19.1 Å². The van der Waals surface area contributed by atoms with E-state index in [1.807, 2.05) is 13.8 Å². The fourth-order valence-electron chi connectivity index (χ4n) is 4.14. The molecule has 0 amide bonds.